The van der Waals surface area contributed by atoms with Crippen molar-refractivity contribution in [3.63, 3.8) is 0 Å². The zero-order valence-electron chi connectivity index (χ0n) is 10.4. The molecule has 2 rings (SSSR count). The smallest absolute Gasteiger partial charge is 0.224 e. The average molecular weight is 259 g/mol. The standard InChI is InChI=1S/C13H13N3O3/c1-2-10(16(17)18)12-8-5-3-4-6-11(8)19-13(15)9(12)7-14/h3-6,10,12H,2,15H2,1H3/t10?,12-/m0/s1. The van der Waals surface area contributed by atoms with Gasteiger partial charge in [-0.05, 0) is 6.07 Å². The summed E-state index contributed by atoms with van der Waals surface area (Å²) < 4.78 is 5.35. The van der Waals surface area contributed by atoms with Gasteiger partial charge in [-0.15, -0.1) is 0 Å². The van der Waals surface area contributed by atoms with Gasteiger partial charge in [0.2, 0.25) is 11.9 Å². The first-order valence-electron chi connectivity index (χ1n) is 5.90. The van der Waals surface area contributed by atoms with E-state index >= 15 is 0 Å². The van der Waals surface area contributed by atoms with Gasteiger partial charge in [-0.2, -0.15) is 5.26 Å². The SMILES string of the molecule is CCC([C@@H]1C(C#N)=C(N)Oc2ccccc21)[N+](=O)[O-]. The van der Waals surface area contributed by atoms with Gasteiger partial charge in [-0.25, -0.2) is 0 Å². The quantitative estimate of drug-likeness (QED) is 0.659. The minimum Gasteiger partial charge on any atom is -0.440 e. The number of benzene rings is 1. The van der Waals surface area contributed by atoms with Gasteiger partial charge in [-0.3, -0.25) is 10.1 Å². The van der Waals surface area contributed by atoms with Crippen LogP contribution in [-0.4, -0.2) is 11.0 Å². The number of fused-ring (bicyclic) bond motifs is 1. The second-order valence-electron chi connectivity index (χ2n) is 4.27. The van der Waals surface area contributed by atoms with E-state index in [4.69, 9.17) is 10.5 Å². The molecule has 6 heteroatoms. The Morgan fingerprint density at radius 3 is 2.84 bits per heavy atom. The van der Waals surface area contributed by atoms with Crippen LogP contribution in [0.25, 0.3) is 0 Å². The van der Waals surface area contributed by atoms with Gasteiger partial charge >= 0.3 is 0 Å². The van der Waals surface area contributed by atoms with Crippen molar-refractivity contribution in [2.75, 3.05) is 0 Å². The molecule has 1 aromatic carbocycles. The number of nitrogens with zero attached hydrogens (tertiary/aromatic N) is 2. The van der Waals surface area contributed by atoms with Crippen LogP contribution in [0.4, 0.5) is 0 Å². The maximum Gasteiger partial charge on any atom is 0.224 e. The number of rotatable bonds is 3. The fourth-order valence-corrected chi connectivity index (χ4v) is 2.34. The highest BCUT2D eigenvalue weighted by Crippen LogP contribution is 2.41. The second kappa shape index (κ2) is 4.98. The summed E-state index contributed by atoms with van der Waals surface area (Å²) in [6, 6.07) is 7.99. The molecule has 0 radical (unpaired) electrons. The lowest BCUT2D eigenvalue weighted by molar-refractivity contribution is -0.525. The average Bonchev–Trinajstić information content (AvgIpc) is 2.39. The number of nitriles is 1. The molecule has 1 unspecified atom stereocenters. The summed E-state index contributed by atoms with van der Waals surface area (Å²) in [5.74, 6) is -0.231. The molecule has 6 nitrogen and oxygen atoms in total. The lowest BCUT2D eigenvalue weighted by Crippen LogP contribution is -2.32. The van der Waals surface area contributed by atoms with E-state index in [2.05, 4.69) is 0 Å². The number of ether oxygens (including phenoxy) is 1. The lowest BCUT2D eigenvalue weighted by Gasteiger charge is -2.27. The van der Waals surface area contributed by atoms with E-state index in [0.29, 0.717) is 17.7 Å². The molecule has 98 valence electrons. The molecular weight excluding hydrogens is 246 g/mol. The van der Waals surface area contributed by atoms with Crippen molar-refractivity contribution in [2.24, 2.45) is 5.73 Å². The first-order valence-corrected chi connectivity index (χ1v) is 5.90. The molecule has 2 N–H and O–H groups in total. The Bertz CT molecular complexity index is 589. The molecule has 0 aromatic heterocycles. The molecule has 1 aromatic rings. The van der Waals surface area contributed by atoms with E-state index in [1.54, 1.807) is 31.2 Å². The number of nitro groups is 1. The summed E-state index contributed by atoms with van der Waals surface area (Å²) in [4.78, 5) is 10.8. The van der Waals surface area contributed by atoms with Crippen molar-refractivity contribution >= 4 is 0 Å². The Labute approximate surface area is 110 Å². The molecule has 1 aliphatic rings. The van der Waals surface area contributed by atoms with Crippen molar-refractivity contribution in [2.45, 2.75) is 25.3 Å². The third kappa shape index (κ3) is 2.10. The van der Waals surface area contributed by atoms with Crippen molar-refractivity contribution in [3.05, 3.63) is 51.4 Å². The molecule has 0 saturated heterocycles. The van der Waals surface area contributed by atoms with Crippen LogP contribution in [0.15, 0.2) is 35.7 Å². The molecule has 2 atom stereocenters. The van der Waals surface area contributed by atoms with Gasteiger partial charge in [-0.1, -0.05) is 25.1 Å². The molecule has 1 aliphatic heterocycles. The van der Waals surface area contributed by atoms with E-state index < -0.39 is 12.0 Å². The predicted molar refractivity (Wildman–Crippen MR) is 67.7 cm³/mol. The third-order valence-corrected chi connectivity index (χ3v) is 3.24. The Hall–Kier alpha value is -2.55. The van der Waals surface area contributed by atoms with Crippen LogP contribution in [0.1, 0.15) is 24.8 Å². The predicted octanol–water partition coefficient (Wildman–Crippen LogP) is 1.91. The molecule has 19 heavy (non-hydrogen) atoms. The summed E-state index contributed by atoms with van der Waals surface area (Å²) in [7, 11) is 0. The number of hydrogen-bond donors (Lipinski definition) is 1. The van der Waals surface area contributed by atoms with E-state index in [0.717, 1.165) is 0 Å². The van der Waals surface area contributed by atoms with Crippen LogP contribution in [0.5, 0.6) is 5.75 Å². The van der Waals surface area contributed by atoms with Crippen LogP contribution < -0.4 is 10.5 Å². The normalized spacial score (nSPS) is 19.1. The molecule has 0 bridgehead atoms. The summed E-state index contributed by atoms with van der Waals surface area (Å²) in [6.07, 6.45) is 0.310. The highest BCUT2D eigenvalue weighted by atomic mass is 16.6. The summed E-state index contributed by atoms with van der Waals surface area (Å²) in [6.45, 7) is 1.72. The summed E-state index contributed by atoms with van der Waals surface area (Å²) in [5.41, 5.74) is 6.46. The van der Waals surface area contributed by atoms with E-state index in [-0.39, 0.29) is 16.4 Å². The lowest BCUT2D eigenvalue weighted by atomic mass is 9.82. The van der Waals surface area contributed by atoms with Crippen LogP contribution in [-0.2, 0) is 0 Å². The fraction of sp³-hybridized carbons (Fsp3) is 0.308. The monoisotopic (exact) mass is 259 g/mol. The molecule has 0 amide bonds. The fourth-order valence-electron chi connectivity index (χ4n) is 2.34. The van der Waals surface area contributed by atoms with E-state index in [1.165, 1.54) is 0 Å². The van der Waals surface area contributed by atoms with Gasteiger partial charge in [0.25, 0.3) is 0 Å². The van der Waals surface area contributed by atoms with E-state index in [1.807, 2.05) is 6.07 Å². The van der Waals surface area contributed by atoms with Crippen molar-refractivity contribution < 1.29 is 9.66 Å². The molecule has 0 aliphatic carbocycles. The summed E-state index contributed by atoms with van der Waals surface area (Å²) >= 11 is 0. The highest BCUT2D eigenvalue weighted by molar-refractivity contribution is 5.50. The second-order valence-corrected chi connectivity index (χ2v) is 4.27. The van der Waals surface area contributed by atoms with Crippen LogP contribution >= 0.6 is 0 Å². The van der Waals surface area contributed by atoms with Crippen LogP contribution in [0, 0.1) is 21.4 Å². The minimum atomic E-state index is -0.891. The highest BCUT2D eigenvalue weighted by Gasteiger charge is 2.40. The van der Waals surface area contributed by atoms with Gasteiger partial charge in [0.15, 0.2) is 0 Å². The zero-order chi connectivity index (χ0) is 14.0. The van der Waals surface area contributed by atoms with Gasteiger partial charge in [0.1, 0.15) is 17.4 Å². The van der Waals surface area contributed by atoms with Gasteiger partial charge in [0, 0.05) is 16.9 Å². The minimum absolute atomic E-state index is 0.0495. The van der Waals surface area contributed by atoms with Gasteiger partial charge < -0.3 is 10.5 Å². The molecular formula is C13H13N3O3. The topological polar surface area (TPSA) is 102 Å². The maximum absolute atomic E-state index is 11.2. The molecule has 0 saturated carbocycles. The van der Waals surface area contributed by atoms with Gasteiger partial charge in [0.05, 0.1) is 5.92 Å². The van der Waals surface area contributed by atoms with E-state index in [9.17, 15) is 15.4 Å². The Morgan fingerprint density at radius 1 is 1.58 bits per heavy atom. The van der Waals surface area contributed by atoms with Crippen molar-refractivity contribution in [3.8, 4) is 11.8 Å². The van der Waals surface area contributed by atoms with Crippen LogP contribution in [0.3, 0.4) is 0 Å². The molecule has 1 heterocycles. The Balaban J connectivity index is 2.60. The number of nitrogens with two attached hydrogens (primary N) is 1. The van der Waals surface area contributed by atoms with Crippen molar-refractivity contribution in [1.82, 2.24) is 0 Å². The maximum atomic E-state index is 11.2. The number of hydrogen-bond acceptors (Lipinski definition) is 5. The molecule has 0 spiro atoms. The Kier molecular flexibility index (Phi) is 3.38. The zero-order valence-corrected chi connectivity index (χ0v) is 10.4. The molecule has 0 fully saturated rings. The Morgan fingerprint density at radius 2 is 2.26 bits per heavy atom. The third-order valence-electron chi connectivity index (χ3n) is 3.24. The number of para-hydroxylation sites is 1. The first-order chi connectivity index (χ1) is 9.10. The first kappa shape index (κ1) is 12.9. The summed E-state index contributed by atoms with van der Waals surface area (Å²) in [5, 5.41) is 20.4. The van der Waals surface area contributed by atoms with Crippen molar-refractivity contribution in [1.29, 1.82) is 5.26 Å². The van der Waals surface area contributed by atoms with Crippen LogP contribution in [0.2, 0.25) is 0 Å². The largest absolute Gasteiger partial charge is 0.440 e.